The zero-order valence-electron chi connectivity index (χ0n) is 11.0. The van der Waals surface area contributed by atoms with Crippen LogP contribution in [0.3, 0.4) is 0 Å². The van der Waals surface area contributed by atoms with Crippen molar-refractivity contribution >= 4 is 27.0 Å². The van der Waals surface area contributed by atoms with Crippen molar-refractivity contribution in [3.05, 3.63) is 24.3 Å². The topological polar surface area (TPSA) is 76.0 Å². The van der Waals surface area contributed by atoms with E-state index in [1.807, 2.05) is 35.9 Å². The summed E-state index contributed by atoms with van der Waals surface area (Å²) in [5, 5.41) is 3.05. The molecule has 0 atom stereocenters. The lowest BCUT2D eigenvalue weighted by Crippen LogP contribution is -2.29. The molecule has 1 aromatic heterocycles. The molecule has 0 aliphatic heterocycles. The number of para-hydroxylation sites is 2. The van der Waals surface area contributed by atoms with Gasteiger partial charge in [-0.2, -0.15) is 0 Å². The van der Waals surface area contributed by atoms with Crippen LogP contribution in [0.15, 0.2) is 24.3 Å². The summed E-state index contributed by atoms with van der Waals surface area (Å²) in [5.74, 6) is 0.706. The van der Waals surface area contributed by atoms with E-state index in [-0.39, 0.29) is 5.75 Å². The number of aromatic nitrogens is 2. The van der Waals surface area contributed by atoms with Crippen LogP contribution in [-0.2, 0) is 17.1 Å². The number of rotatable bonds is 6. The number of nitrogens with zero attached hydrogens (tertiary/aromatic N) is 2. The lowest BCUT2D eigenvalue weighted by Gasteiger charge is -2.07. The molecule has 0 amide bonds. The number of fused-ring (bicyclic) bond motifs is 1. The molecule has 7 heteroatoms. The molecule has 19 heavy (non-hydrogen) atoms. The van der Waals surface area contributed by atoms with Crippen molar-refractivity contribution in [3.8, 4) is 0 Å². The van der Waals surface area contributed by atoms with Crippen molar-refractivity contribution in [2.45, 2.75) is 6.92 Å². The van der Waals surface area contributed by atoms with Gasteiger partial charge in [-0.15, -0.1) is 0 Å². The predicted molar refractivity (Wildman–Crippen MR) is 76.7 cm³/mol. The Bertz CT molecular complexity index is 663. The summed E-state index contributed by atoms with van der Waals surface area (Å²) in [6.07, 6.45) is 0. The molecule has 1 aromatic carbocycles. The van der Waals surface area contributed by atoms with E-state index in [1.54, 1.807) is 6.92 Å². The van der Waals surface area contributed by atoms with Gasteiger partial charge in [-0.1, -0.05) is 19.1 Å². The highest BCUT2D eigenvalue weighted by atomic mass is 32.2. The smallest absolute Gasteiger partial charge is 0.213 e. The largest absolute Gasteiger partial charge is 0.355 e. The maximum atomic E-state index is 11.5. The van der Waals surface area contributed by atoms with Crippen LogP contribution >= 0.6 is 0 Å². The normalized spacial score (nSPS) is 11.9. The number of nitrogens with one attached hydrogen (secondary N) is 2. The molecule has 0 unspecified atom stereocenters. The van der Waals surface area contributed by atoms with E-state index in [0.29, 0.717) is 19.0 Å². The Kier molecular flexibility index (Phi) is 4.06. The number of anilines is 1. The second-order valence-corrected chi connectivity index (χ2v) is 6.15. The molecule has 0 aliphatic carbocycles. The molecule has 0 spiro atoms. The van der Waals surface area contributed by atoms with Crippen LogP contribution in [0.2, 0.25) is 0 Å². The van der Waals surface area contributed by atoms with Crippen molar-refractivity contribution in [2.24, 2.45) is 7.05 Å². The minimum atomic E-state index is -3.19. The number of benzene rings is 1. The van der Waals surface area contributed by atoms with E-state index in [0.717, 1.165) is 11.0 Å². The van der Waals surface area contributed by atoms with Crippen LogP contribution < -0.4 is 10.0 Å². The van der Waals surface area contributed by atoms with E-state index in [9.17, 15) is 8.42 Å². The molecule has 0 fully saturated rings. The number of hydrogen-bond acceptors (Lipinski definition) is 4. The number of hydrogen-bond donors (Lipinski definition) is 2. The molecule has 2 rings (SSSR count). The first kappa shape index (κ1) is 13.8. The van der Waals surface area contributed by atoms with Gasteiger partial charge >= 0.3 is 0 Å². The van der Waals surface area contributed by atoms with Gasteiger partial charge in [-0.3, -0.25) is 0 Å². The van der Waals surface area contributed by atoms with Gasteiger partial charge < -0.3 is 9.88 Å². The summed E-state index contributed by atoms with van der Waals surface area (Å²) in [6.45, 7) is 2.50. The third kappa shape index (κ3) is 3.24. The van der Waals surface area contributed by atoms with Gasteiger partial charge in [-0.25, -0.2) is 18.1 Å². The van der Waals surface area contributed by atoms with Gasteiger partial charge in [0.05, 0.1) is 16.8 Å². The summed E-state index contributed by atoms with van der Waals surface area (Å²) in [7, 11) is -1.29. The molecule has 2 N–H and O–H groups in total. The third-order valence-corrected chi connectivity index (χ3v) is 4.28. The fourth-order valence-corrected chi connectivity index (χ4v) is 2.85. The SMILES string of the molecule is CCNS(=O)(=O)CCNc1nc2ccccc2n1C. The van der Waals surface area contributed by atoms with Gasteiger partial charge in [0, 0.05) is 20.1 Å². The molecule has 1 heterocycles. The first-order chi connectivity index (χ1) is 9.03. The van der Waals surface area contributed by atoms with Gasteiger partial charge in [0.25, 0.3) is 0 Å². The second kappa shape index (κ2) is 5.58. The fourth-order valence-electron chi connectivity index (χ4n) is 1.89. The number of imidazole rings is 1. The van der Waals surface area contributed by atoms with E-state index >= 15 is 0 Å². The van der Waals surface area contributed by atoms with E-state index in [1.165, 1.54) is 0 Å². The van der Waals surface area contributed by atoms with Crippen molar-refractivity contribution in [1.82, 2.24) is 14.3 Å². The molecule has 2 aromatic rings. The Balaban J connectivity index is 2.04. The molecule has 0 saturated heterocycles. The molecule has 0 saturated carbocycles. The van der Waals surface area contributed by atoms with Gasteiger partial charge in [0.2, 0.25) is 16.0 Å². The Morgan fingerprint density at radius 2 is 2.05 bits per heavy atom. The second-order valence-electron chi connectivity index (χ2n) is 4.23. The maximum absolute atomic E-state index is 11.5. The average molecular weight is 282 g/mol. The first-order valence-corrected chi connectivity index (χ1v) is 7.81. The summed E-state index contributed by atoms with van der Waals surface area (Å²) in [5.41, 5.74) is 1.90. The van der Waals surface area contributed by atoms with Crippen LogP contribution in [0.5, 0.6) is 0 Å². The average Bonchev–Trinajstić information content (AvgIpc) is 2.67. The Hall–Kier alpha value is -1.60. The van der Waals surface area contributed by atoms with Crippen LogP contribution in [0, 0.1) is 0 Å². The zero-order chi connectivity index (χ0) is 13.9. The fraction of sp³-hybridized carbons (Fsp3) is 0.417. The lowest BCUT2D eigenvalue weighted by atomic mass is 10.3. The lowest BCUT2D eigenvalue weighted by molar-refractivity contribution is 0.584. The monoisotopic (exact) mass is 282 g/mol. The van der Waals surface area contributed by atoms with Crippen molar-refractivity contribution in [1.29, 1.82) is 0 Å². The minimum absolute atomic E-state index is 0.0318. The highest BCUT2D eigenvalue weighted by Gasteiger charge is 2.10. The quantitative estimate of drug-likeness (QED) is 0.826. The highest BCUT2D eigenvalue weighted by Crippen LogP contribution is 2.17. The molecule has 104 valence electrons. The maximum Gasteiger partial charge on any atom is 0.213 e. The van der Waals surface area contributed by atoms with Crippen molar-refractivity contribution in [3.63, 3.8) is 0 Å². The van der Waals surface area contributed by atoms with Crippen LogP contribution in [0.4, 0.5) is 5.95 Å². The summed E-state index contributed by atoms with van der Waals surface area (Å²) < 4.78 is 27.4. The van der Waals surface area contributed by atoms with Crippen LogP contribution in [0.1, 0.15) is 6.92 Å². The molecule has 6 nitrogen and oxygen atoms in total. The van der Waals surface area contributed by atoms with Crippen molar-refractivity contribution in [2.75, 3.05) is 24.2 Å². The van der Waals surface area contributed by atoms with Crippen molar-refractivity contribution < 1.29 is 8.42 Å². The molecular weight excluding hydrogens is 264 g/mol. The van der Waals surface area contributed by atoms with Crippen LogP contribution in [-0.4, -0.2) is 36.8 Å². The molecule has 0 bridgehead atoms. The summed E-state index contributed by atoms with van der Waals surface area (Å²) >= 11 is 0. The number of sulfonamides is 1. The van der Waals surface area contributed by atoms with E-state index < -0.39 is 10.0 Å². The summed E-state index contributed by atoms with van der Waals surface area (Å²) in [6, 6.07) is 7.77. The summed E-state index contributed by atoms with van der Waals surface area (Å²) in [4.78, 5) is 4.41. The predicted octanol–water partition coefficient (Wildman–Crippen LogP) is 0.924. The Morgan fingerprint density at radius 1 is 1.32 bits per heavy atom. The van der Waals surface area contributed by atoms with E-state index in [4.69, 9.17) is 0 Å². The Morgan fingerprint density at radius 3 is 2.74 bits per heavy atom. The number of aryl methyl sites for hydroxylation is 1. The Labute approximate surface area is 112 Å². The highest BCUT2D eigenvalue weighted by molar-refractivity contribution is 7.89. The van der Waals surface area contributed by atoms with E-state index in [2.05, 4.69) is 15.0 Å². The zero-order valence-corrected chi connectivity index (χ0v) is 11.9. The van der Waals surface area contributed by atoms with Gasteiger partial charge in [0.1, 0.15) is 0 Å². The van der Waals surface area contributed by atoms with Gasteiger partial charge in [0.15, 0.2) is 0 Å². The molecule has 0 aliphatic rings. The molecule has 0 radical (unpaired) electrons. The molecular formula is C12H18N4O2S. The van der Waals surface area contributed by atoms with Gasteiger partial charge in [-0.05, 0) is 12.1 Å². The minimum Gasteiger partial charge on any atom is -0.355 e. The van der Waals surface area contributed by atoms with Crippen LogP contribution in [0.25, 0.3) is 11.0 Å². The first-order valence-electron chi connectivity index (χ1n) is 6.16. The third-order valence-electron chi connectivity index (χ3n) is 2.81. The standard InChI is InChI=1S/C12H18N4O2S/c1-3-14-19(17,18)9-8-13-12-15-10-6-4-5-7-11(10)16(12)2/h4-7,14H,3,8-9H2,1-2H3,(H,13,15).